The molecule has 0 saturated carbocycles. The van der Waals surface area contributed by atoms with Gasteiger partial charge in [-0.1, -0.05) is 12.1 Å². The Hall–Kier alpha value is -2.27. The van der Waals surface area contributed by atoms with Gasteiger partial charge in [-0.25, -0.2) is 0 Å². The van der Waals surface area contributed by atoms with Crippen LogP contribution in [0, 0.1) is 0 Å². The lowest BCUT2D eigenvalue weighted by Gasteiger charge is -2.10. The Labute approximate surface area is 117 Å². The SMILES string of the molecule is COCCn1cc(NCc2cccc(O)c2)ccc1=O. The molecule has 0 aliphatic rings. The van der Waals surface area contributed by atoms with Crippen molar-refractivity contribution in [3.63, 3.8) is 0 Å². The van der Waals surface area contributed by atoms with E-state index in [9.17, 15) is 9.90 Å². The Morgan fingerprint density at radius 1 is 1.30 bits per heavy atom. The van der Waals surface area contributed by atoms with Crippen LogP contribution in [0.5, 0.6) is 5.75 Å². The van der Waals surface area contributed by atoms with Crippen LogP contribution < -0.4 is 10.9 Å². The number of benzene rings is 1. The van der Waals surface area contributed by atoms with Gasteiger partial charge in [0.1, 0.15) is 5.75 Å². The molecule has 0 saturated heterocycles. The van der Waals surface area contributed by atoms with Crippen LogP contribution in [0.25, 0.3) is 0 Å². The van der Waals surface area contributed by atoms with E-state index < -0.39 is 0 Å². The maximum atomic E-state index is 11.6. The number of aromatic nitrogens is 1. The van der Waals surface area contributed by atoms with Gasteiger partial charge < -0.3 is 19.7 Å². The Morgan fingerprint density at radius 3 is 2.90 bits per heavy atom. The summed E-state index contributed by atoms with van der Waals surface area (Å²) in [4.78, 5) is 11.6. The number of hydrogen-bond donors (Lipinski definition) is 2. The van der Waals surface area contributed by atoms with Crippen LogP contribution >= 0.6 is 0 Å². The number of anilines is 1. The highest BCUT2D eigenvalue weighted by Gasteiger charge is 1.99. The molecule has 2 rings (SSSR count). The molecular weight excluding hydrogens is 256 g/mol. The van der Waals surface area contributed by atoms with E-state index in [0.717, 1.165) is 11.3 Å². The molecule has 2 N–H and O–H groups in total. The number of nitrogens with zero attached hydrogens (tertiary/aromatic N) is 1. The van der Waals surface area contributed by atoms with Crippen LogP contribution in [-0.2, 0) is 17.8 Å². The van der Waals surface area contributed by atoms with Crippen LogP contribution in [0.4, 0.5) is 5.69 Å². The summed E-state index contributed by atoms with van der Waals surface area (Å²) in [6.07, 6.45) is 1.77. The molecule has 0 spiro atoms. The van der Waals surface area contributed by atoms with Crippen molar-refractivity contribution in [2.75, 3.05) is 19.0 Å². The van der Waals surface area contributed by atoms with Gasteiger partial charge in [0.05, 0.1) is 12.3 Å². The summed E-state index contributed by atoms with van der Waals surface area (Å²) in [5.74, 6) is 0.245. The van der Waals surface area contributed by atoms with E-state index in [-0.39, 0.29) is 11.3 Å². The molecule has 2 aromatic rings. The number of aromatic hydroxyl groups is 1. The zero-order valence-corrected chi connectivity index (χ0v) is 11.4. The van der Waals surface area contributed by atoms with E-state index in [2.05, 4.69) is 5.32 Å². The number of methoxy groups -OCH3 is 1. The number of phenols is 1. The lowest BCUT2D eigenvalue weighted by molar-refractivity contribution is 0.186. The monoisotopic (exact) mass is 274 g/mol. The molecular formula is C15H18N2O3. The van der Waals surface area contributed by atoms with Gasteiger partial charge in [0.25, 0.3) is 5.56 Å². The van der Waals surface area contributed by atoms with E-state index >= 15 is 0 Å². The summed E-state index contributed by atoms with van der Waals surface area (Å²) in [5, 5.41) is 12.6. The molecule has 106 valence electrons. The van der Waals surface area contributed by atoms with Gasteiger partial charge >= 0.3 is 0 Å². The van der Waals surface area contributed by atoms with Crippen molar-refractivity contribution >= 4 is 5.69 Å². The standard InChI is InChI=1S/C15H18N2O3/c1-20-8-7-17-11-13(5-6-15(17)19)16-10-12-3-2-4-14(18)9-12/h2-6,9,11,16,18H,7-8,10H2,1H3. The molecule has 0 amide bonds. The van der Waals surface area contributed by atoms with Gasteiger partial charge in [0.2, 0.25) is 0 Å². The van der Waals surface area contributed by atoms with Crippen molar-refractivity contribution in [3.8, 4) is 5.75 Å². The molecule has 1 aromatic carbocycles. The number of rotatable bonds is 6. The third kappa shape index (κ3) is 3.86. The summed E-state index contributed by atoms with van der Waals surface area (Å²) in [6.45, 7) is 1.60. The average molecular weight is 274 g/mol. The summed E-state index contributed by atoms with van der Waals surface area (Å²) in [6, 6.07) is 10.3. The van der Waals surface area contributed by atoms with E-state index in [1.807, 2.05) is 6.07 Å². The third-order valence-corrected chi connectivity index (χ3v) is 2.93. The van der Waals surface area contributed by atoms with Crippen LogP contribution in [0.15, 0.2) is 47.4 Å². The van der Waals surface area contributed by atoms with Gasteiger partial charge in [-0.05, 0) is 23.8 Å². The third-order valence-electron chi connectivity index (χ3n) is 2.93. The Balaban J connectivity index is 2.04. The molecule has 20 heavy (non-hydrogen) atoms. The smallest absolute Gasteiger partial charge is 0.250 e. The maximum Gasteiger partial charge on any atom is 0.250 e. The Bertz CT molecular complexity index is 623. The summed E-state index contributed by atoms with van der Waals surface area (Å²) in [5.41, 5.74) is 1.77. The molecule has 0 aliphatic carbocycles. The first-order valence-electron chi connectivity index (χ1n) is 6.40. The number of phenolic OH excluding ortho intramolecular Hbond substituents is 1. The van der Waals surface area contributed by atoms with Gasteiger partial charge in [-0.3, -0.25) is 4.79 Å². The molecule has 1 aromatic heterocycles. The maximum absolute atomic E-state index is 11.6. The number of hydrogen-bond acceptors (Lipinski definition) is 4. The lowest BCUT2D eigenvalue weighted by Crippen LogP contribution is -2.21. The number of ether oxygens (including phenoxy) is 1. The molecule has 0 atom stereocenters. The fraction of sp³-hybridized carbons (Fsp3) is 0.267. The lowest BCUT2D eigenvalue weighted by atomic mass is 10.2. The van der Waals surface area contributed by atoms with Crippen molar-refractivity contribution in [3.05, 3.63) is 58.5 Å². The Kier molecular flexibility index (Phi) is 4.79. The fourth-order valence-electron chi connectivity index (χ4n) is 1.87. The first-order chi connectivity index (χ1) is 9.69. The van der Waals surface area contributed by atoms with Crippen LogP contribution in [0.3, 0.4) is 0 Å². The van der Waals surface area contributed by atoms with E-state index in [1.165, 1.54) is 6.07 Å². The van der Waals surface area contributed by atoms with Crippen LogP contribution in [0.2, 0.25) is 0 Å². The first kappa shape index (κ1) is 14.1. The second-order valence-corrected chi connectivity index (χ2v) is 4.47. The molecule has 0 bridgehead atoms. The normalized spacial score (nSPS) is 10.4. The van der Waals surface area contributed by atoms with Gasteiger partial charge in [-0.2, -0.15) is 0 Å². The van der Waals surface area contributed by atoms with Crippen molar-refractivity contribution in [1.82, 2.24) is 4.57 Å². The largest absolute Gasteiger partial charge is 0.508 e. The molecule has 0 aliphatic heterocycles. The van der Waals surface area contributed by atoms with Crippen molar-refractivity contribution in [2.45, 2.75) is 13.1 Å². The minimum Gasteiger partial charge on any atom is -0.508 e. The van der Waals surface area contributed by atoms with Crippen molar-refractivity contribution in [1.29, 1.82) is 0 Å². The van der Waals surface area contributed by atoms with Gasteiger partial charge in [-0.15, -0.1) is 0 Å². The van der Waals surface area contributed by atoms with Crippen LogP contribution in [0.1, 0.15) is 5.56 Å². The van der Waals surface area contributed by atoms with Gasteiger partial charge in [0, 0.05) is 32.5 Å². The molecule has 5 nitrogen and oxygen atoms in total. The molecule has 0 unspecified atom stereocenters. The van der Waals surface area contributed by atoms with Crippen LogP contribution in [-0.4, -0.2) is 23.4 Å². The molecule has 0 fully saturated rings. The fourth-order valence-corrected chi connectivity index (χ4v) is 1.87. The minimum atomic E-state index is -0.0510. The van der Waals surface area contributed by atoms with Crippen molar-refractivity contribution in [2.24, 2.45) is 0 Å². The van der Waals surface area contributed by atoms with E-state index in [4.69, 9.17) is 4.74 Å². The highest BCUT2D eigenvalue weighted by Crippen LogP contribution is 2.12. The highest BCUT2D eigenvalue weighted by molar-refractivity contribution is 5.41. The van der Waals surface area contributed by atoms with Crippen molar-refractivity contribution < 1.29 is 9.84 Å². The summed E-state index contributed by atoms with van der Waals surface area (Å²) in [7, 11) is 1.61. The summed E-state index contributed by atoms with van der Waals surface area (Å²) >= 11 is 0. The zero-order chi connectivity index (χ0) is 14.4. The second-order valence-electron chi connectivity index (χ2n) is 4.47. The van der Waals surface area contributed by atoms with Gasteiger partial charge in [0.15, 0.2) is 0 Å². The minimum absolute atomic E-state index is 0.0510. The predicted molar refractivity (Wildman–Crippen MR) is 78.0 cm³/mol. The van der Waals surface area contributed by atoms with E-state index in [0.29, 0.717) is 19.7 Å². The first-order valence-corrected chi connectivity index (χ1v) is 6.40. The molecule has 5 heteroatoms. The second kappa shape index (κ2) is 6.77. The molecule has 1 heterocycles. The number of nitrogens with one attached hydrogen (secondary N) is 1. The van der Waals surface area contributed by atoms with E-state index in [1.54, 1.807) is 42.1 Å². The highest BCUT2D eigenvalue weighted by atomic mass is 16.5. The predicted octanol–water partition coefficient (Wildman–Crippen LogP) is 1.81. The average Bonchev–Trinajstić information content (AvgIpc) is 2.45. The molecule has 0 radical (unpaired) electrons. The summed E-state index contributed by atoms with van der Waals surface area (Å²) < 4.78 is 6.58. The zero-order valence-electron chi connectivity index (χ0n) is 11.4. The quantitative estimate of drug-likeness (QED) is 0.843. The topological polar surface area (TPSA) is 63.5 Å². The Morgan fingerprint density at radius 2 is 2.15 bits per heavy atom. The number of pyridine rings is 1.